The Morgan fingerprint density at radius 1 is 1.04 bits per heavy atom. The maximum atomic E-state index is 12.4. The summed E-state index contributed by atoms with van der Waals surface area (Å²) in [6.07, 6.45) is -1.12. The molecule has 0 saturated carbocycles. The molecule has 2 rings (SSSR count). The van der Waals surface area contributed by atoms with Gasteiger partial charge in [-0.1, -0.05) is 24.3 Å². The lowest BCUT2D eigenvalue weighted by Gasteiger charge is -2.14. The van der Waals surface area contributed by atoms with Crippen LogP contribution in [0.2, 0.25) is 0 Å². The average Bonchev–Trinajstić information content (AvgIpc) is 2.60. The maximum Gasteiger partial charge on any atom is 0.339 e. The van der Waals surface area contributed by atoms with Crippen LogP contribution in [0.4, 0.5) is 4.79 Å². The van der Waals surface area contributed by atoms with E-state index in [1.165, 1.54) is 14.0 Å². The van der Waals surface area contributed by atoms with Gasteiger partial charge in [-0.15, -0.1) is 0 Å². The number of ether oxygens (including phenoxy) is 2. The SMILES string of the molecule is CNC(=O)NC(=O)[C@@H](C)OC(=O)c1ccc(OC)c2ccccc12. The molecule has 0 unspecified atom stereocenters. The standard InChI is InChI=1S/C17H18N2O5/c1-10(15(20)19-17(22)18-2)24-16(21)13-8-9-14(23-3)12-7-5-4-6-11(12)13/h4-10H,1-3H3,(H2,18,19,20,22)/t10-/m1/s1. The predicted molar refractivity (Wildman–Crippen MR) is 88.0 cm³/mol. The van der Waals surface area contributed by atoms with E-state index < -0.39 is 24.0 Å². The first-order valence-corrected chi connectivity index (χ1v) is 7.27. The third kappa shape index (κ3) is 3.62. The van der Waals surface area contributed by atoms with E-state index in [1.807, 2.05) is 12.1 Å². The molecule has 0 heterocycles. The van der Waals surface area contributed by atoms with Crippen molar-refractivity contribution >= 4 is 28.7 Å². The van der Waals surface area contributed by atoms with Crippen molar-refractivity contribution < 1.29 is 23.9 Å². The molecule has 0 aliphatic carbocycles. The summed E-state index contributed by atoms with van der Waals surface area (Å²) in [7, 11) is 2.92. The van der Waals surface area contributed by atoms with Gasteiger partial charge in [0.2, 0.25) is 0 Å². The summed E-state index contributed by atoms with van der Waals surface area (Å²) in [5, 5.41) is 5.72. The minimum Gasteiger partial charge on any atom is -0.496 e. The van der Waals surface area contributed by atoms with Crippen molar-refractivity contribution in [2.75, 3.05) is 14.2 Å². The Kier molecular flexibility index (Phi) is 5.36. The molecule has 0 spiro atoms. The third-order valence-electron chi connectivity index (χ3n) is 3.44. The molecule has 7 heteroatoms. The molecule has 1 atom stereocenters. The van der Waals surface area contributed by atoms with Crippen LogP contribution in [0.15, 0.2) is 36.4 Å². The number of hydrogen-bond acceptors (Lipinski definition) is 5. The Bertz CT molecular complexity index is 788. The monoisotopic (exact) mass is 330 g/mol. The molecule has 0 aliphatic heterocycles. The Morgan fingerprint density at radius 2 is 1.71 bits per heavy atom. The summed E-state index contributed by atoms with van der Waals surface area (Å²) < 4.78 is 10.4. The van der Waals surface area contributed by atoms with Crippen LogP contribution in [0.25, 0.3) is 10.8 Å². The minimum atomic E-state index is -1.12. The van der Waals surface area contributed by atoms with Crippen molar-refractivity contribution in [3.63, 3.8) is 0 Å². The van der Waals surface area contributed by atoms with E-state index in [1.54, 1.807) is 31.4 Å². The second kappa shape index (κ2) is 7.45. The second-order valence-corrected chi connectivity index (χ2v) is 4.98. The summed E-state index contributed by atoms with van der Waals surface area (Å²) in [4.78, 5) is 35.3. The molecule has 2 aromatic rings. The van der Waals surface area contributed by atoms with E-state index in [-0.39, 0.29) is 0 Å². The fourth-order valence-corrected chi connectivity index (χ4v) is 2.18. The molecule has 24 heavy (non-hydrogen) atoms. The largest absolute Gasteiger partial charge is 0.496 e. The van der Waals surface area contributed by atoms with Gasteiger partial charge in [0.25, 0.3) is 5.91 Å². The first-order chi connectivity index (χ1) is 11.5. The fourth-order valence-electron chi connectivity index (χ4n) is 2.18. The highest BCUT2D eigenvalue weighted by Crippen LogP contribution is 2.28. The van der Waals surface area contributed by atoms with Gasteiger partial charge in [-0.25, -0.2) is 9.59 Å². The summed E-state index contributed by atoms with van der Waals surface area (Å²) in [5.74, 6) is -0.735. The number of imide groups is 1. The van der Waals surface area contributed by atoms with Gasteiger partial charge in [0.1, 0.15) is 5.75 Å². The molecule has 7 nitrogen and oxygen atoms in total. The van der Waals surface area contributed by atoms with Crippen LogP contribution in [0.5, 0.6) is 5.75 Å². The molecule has 2 aromatic carbocycles. The number of benzene rings is 2. The number of nitrogens with one attached hydrogen (secondary N) is 2. The van der Waals surface area contributed by atoms with Crippen molar-refractivity contribution in [3.05, 3.63) is 42.0 Å². The van der Waals surface area contributed by atoms with Crippen LogP contribution < -0.4 is 15.4 Å². The molecular formula is C17H18N2O5. The van der Waals surface area contributed by atoms with Gasteiger partial charge in [0.15, 0.2) is 6.10 Å². The van der Waals surface area contributed by atoms with Gasteiger partial charge in [-0.3, -0.25) is 10.1 Å². The third-order valence-corrected chi connectivity index (χ3v) is 3.44. The summed E-state index contributed by atoms with van der Waals surface area (Å²) in [6, 6.07) is 9.79. The van der Waals surface area contributed by atoms with E-state index in [2.05, 4.69) is 10.6 Å². The topological polar surface area (TPSA) is 93.7 Å². The van der Waals surface area contributed by atoms with Gasteiger partial charge in [-0.05, 0) is 24.4 Å². The smallest absolute Gasteiger partial charge is 0.339 e. The van der Waals surface area contributed by atoms with Crippen molar-refractivity contribution in [1.82, 2.24) is 10.6 Å². The van der Waals surface area contributed by atoms with Crippen LogP contribution in [-0.2, 0) is 9.53 Å². The Hall–Kier alpha value is -3.09. The summed E-state index contributed by atoms with van der Waals surface area (Å²) >= 11 is 0. The number of urea groups is 1. The highest BCUT2D eigenvalue weighted by Gasteiger charge is 2.22. The number of carbonyl (C=O) groups excluding carboxylic acids is 3. The van der Waals surface area contributed by atoms with Crippen LogP contribution >= 0.6 is 0 Å². The van der Waals surface area contributed by atoms with Gasteiger partial charge < -0.3 is 14.8 Å². The van der Waals surface area contributed by atoms with E-state index in [4.69, 9.17) is 9.47 Å². The summed E-state index contributed by atoms with van der Waals surface area (Å²) in [5.41, 5.74) is 0.311. The zero-order valence-electron chi connectivity index (χ0n) is 13.6. The van der Waals surface area contributed by atoms with Gasteiger partial charge in [0, 0.05) is 12.4 Å². The molecule has 2 N–H and O–H groups in total. The number of amides is 3. The van der Waals surface area contributed by atoms with Crippen LogP contribution in [0.1, 0.15) is 17.3 Å². The first kappa shape index (κ1) is 17.3. The van der Waals surface area contributed by atoms with Crippen molar-refractivity contribution in [1.29, 1.82) is 0 Å². The van der Waals surface area contributed by atoms with Gasteiger partial charge in [0.05, 0.1) is 12.7 Å². The van der Waals surface area contributed by atoms with E-state index >= 15 is 0 Å². The van der Waals surface area contributed by atoms with E-state index in [9.17, 15) is 14.4 Å². The number of hydrogen-bond donors (Lipinski definition) is 2. The van der Waals surface area contributed by atoms with Crippen molar-refractivity contribution in [2.45, 2.75) is 13.0 Å². The maximum absolute atomic E-state index is 12.4. The van der Waals surface area contributed by atoms with E-state index in [0.29, 0.717) is 16.7 Å². The summed E-state index contributed by atoms with van der Waals surface area (Å²) in [6.45, 7) is 1.39. The second-order valence-electron chi connectivity index (χ2n) is 4.98. The van der Waals surface area contributed by atoms with Crippen LogP contribution in [-0.4, -0.2) is 38.2 Å². The quantitative estimate of drug-likeness (QED) is 0.835. The number of carbonyl (C=O) groups is 3. The Balaban J connectivity index is 2.23. The van der Waals surface area contributed by atoms with Crippen molar-refractivity contribution in [2.24, 2.45) is 0 Å². The van der Waals surface area contributed by atoms with Gasteiger partial charge in [-0.2, -0.15) is 0 Å². The first-order valence-electron chi connectivity index (χ1n) is 7.27. The van der Waals surface area contributed by atoms with Gasteiger partial charge >= 0.3 is 12.0 Å². The fraction of sp³-hybridized carbons (Fsp3) is 0.235. The number of rotatable bonds is 4. The molecule has 3 amide bonds. The highest BCUT2D eigenvalue weighted by molar-refractivity contribution is 6.07. The zero-order valence-corrected chi connectivity index (χ0v) is 13.6. The lowest BCUT2D eigenvalue weighted by atomic mass is 10.0. The zero-order chi connectivity index (χ0) is 17.7. The molecular weight excluding hydrogens is 312 g/mol. The molecule has 0 bridgehead atoms. The minimum absolute atomic E-state index is 0.311. The van der Waals surface area contributed by atoms with E-state index in [0.717, 1.165) is 5.39 Å². The molecule has 0 aromatic heterocycles. The lowest BCUT2D eigenvalue weighted by molar-refractivity contribution is -0.127. The molecule has 0 radical (unpaired) electrons. The molecule has 0 fully saturated rings. The molecule has 0 aliphatic rings. The number of methoxy groups -OCH3 is 1. The predicted octanol–water partition coefficient (Wildman–Crippen LogP) is 1.85. The van der Waals surface area contributed by atoms with Crippen LogP contribution in [0, 0.1) is 0 Å². The lowest BCUT2D eigenvalue weighted by Crippen LogP contribution is -2.43. The molecule has 126 valence electrons. The van der Waals surface area contributed by atoms with Crippen molar-refractivity contribution in [3.8, 4) is 5.75 Å². The number of fused-ring (bicyclic) bond motifs is 1. The number of esters is 1. The Labute approximate surface area is 138 Å². The average molecular weight is 330 g/mol. The highest BCUT2D eigenvalue weighted by atomic mass is 16.5. The molecule has 0 saturated heterocycles. The Morgan fingerprint density at radius 3 is 2.33 bits per heavy atom. The van der Waals surface area contributed by atoms with Crippen LogP contribution in [0.3, 0.4) is 0 Å². The normalized spacial score (nSPS) is 11.5.